The lowest BCUT2D eigenvalue weighted by Crippen LogP contribution is -2.39. The van der Waals surface area contributed by atoms with Crippen LogP contribution in [0.25, 0.3) is 0 Å². The average Bonchev–Trinajstić information content (AvgIpc) is 2.47. The van der Waals surface area contributed by atoms with Gasteiger partial charge in [-0.1, -0.05) is 77.6 Å². The molecule has 3 N–H and O–H groups in total. The molecule has 0 aliphatic heterocycles. The number of hydrogen-bond donors (Lipinski definition) is 2. The van der Waals surface area contributed by atoms with Crippen molar-refractivity contribution in [3.8, 4) is 0 Å². The Morgan fingerprint density at radius 2 is 1.32 bits per heavy atom. The summed E-state index contributed by atoms with van der Waals surface area (Å²) in [5.74, 6) is 5.50. The molecule has 0 spiro atoms. The van der Waals surface area contributed by atoms with Gasteiger partial charge in [0.25, 0.3) is 0 Å². The second kappa shape index (κ2) is 15.3. The highest BCUT2D eigenvalue weighted by atomic mass is 16.3. The van der Waals surface area contributed by atoms with Crippen LogP contribution in [0.15, 0.2) is 0 Å². The Bertz CT molecular complexity index is 257. The zero-order chi connectivity index (χ0) is 16.6. The first-order chi connectivity index (χ1) is 10.6. The third-order valence-electron chi connectivity index (χ3n) is 4.04. The van der Waals surface area contributed by atoms with Crippen molar-refractivity contribution >= 4 is 5.91 Å². The number of carbonyl (C=O) groups excluding carboxylic acids is 1. The van der Waals surface area contributed by atoms with Gasteiger partial charge in [0.2, 0.25) is 5.91 Å². The van der Waals surface area contributed by atoms with Crippen LogP contribution in [0.4, 0.5) is 0 Å². The van der Waals surface area contributed by atoms with Crippen molar-refractivity contribution in [1.29, 1.82) is 0 Å². The van der Waals surface area contributed by atoms with Crippen molar-refractivity contribution < 1.29 is 9.90 Å². The lowest BCUT2D eigenvalue weighted by molar-refractivity contribution is -0.133. The van der Waals surface area contributed by atoms with E-state index in [0.717, 1.165) is 12.8 Å². The fourth-order valence-corrected chi connectivity index (χ4v) is 2.62. The molecule has 0 saturated heterocycles. The third-order valence-corrected chi connectivity index (χ3v) is 4.04. The molecule has 0 aliphatic rings. The minimum Gasteiger partial charge on any atom is -0.393 e. The molecular formula is C18H38N2O2. The fraction of sp³-hybridized carbons (Fsp3) is 0.944. The highest BCUT2D eigenvalue weighted by Gasteiger charge is 2.11. The number of nitrogens with zero attached hydrogens (tertiary/aromatic N) is 1. The first kappa shape index (κ1) is 21.4. The fourth-order valence-electron chi connectivity index (χ4n) is 2.62. The number of aliphatic hydroxyl groups excluding tert-OH is 1. The summed E-state index contributed by atoms with van der Waals surface area (Å²) in [6.45, 7) is 4.46. The maximum Gasteiger partial charge on any atom is 0.239 e. The standard InChI is InChI=1S/C18H38N2O2/c1-3-4-5-6-7-8-9-10-11-12-13-14-15-20(19)18(22)16-17(2)21/h17,21H,3-16,19H2,1-2H3. The minimum atomic E-state index is -0.611. The number of hydrazine groups is 1. The van der Waals surface area contributed by atoms with Gasteiger partial charge >= 0.3 is 0 Å². The molecule has 4 nitrogen and oxygen atoms in total. The number of aliphatic hydroxyl groups is 1. The third kappa shape index (κ3) is 14.3. The molecule has 0 radical (unpaired) electrons. The highest BCUT2D eigenvalue weighted by molar-refractivity contribution is 5.75. The lowest BCUT2D eigenvalue weighted by atomic mass is 10.1. The zero-order valence-electron chi connectivity index (χ0n) is 14.9. The number of carbonyl (C=O) groups is 1. The molecule has 0 bridgehead atoms. The summed E-state index contributed by atoms with van der Waals surface area (Å²) in [5.41, 5.74) is 0. The van der Waals surface area contributed by atoms with E-state index in [4.69, 9.17) is 10.9 Å². The van der Waals surface area contributed by atoms with Crippen LogP contribution in [0.2, 0.25) is 0 Å². The summed E-state index contributed by atoms with van der Waals surface area (Å²) in [7, 11) is 0. The van der Waals surface area contributed by atoms with E-state index in [1.54, 1.807) is 6.92 Å². The summed E-state index contributed by atoms with van der Waals surface area (Å²) in [4.78, 5) is 11.5. The maximum absolute atomic E-state index is 11.5. The van der Waals surface area contributed by atoms with Gasteiger partial charge in [-0.15, -0.1) is 0 Å². The Hall–Kier alpha value is -0.610. The van der Waals surface area contributed by atoms with Gasteiger partial charge in [0, 0.05) is 6.54 Å². The number of amides is 1. The predicted molar refractivity (Wildman–Crippen MR) is 93.3 cm³/mol. The molecule has 0 fully saturated rings. The summed E-state index contributed by atoms with van der Waals surface area (Å²) in [6.07, 6.45) is 15.1. The lowest BCUT2D eigenvalue weighted by Gasteiger charge is -2.17. The normalized spacial score (nSPS) is 12.4. The van der Waals surface area contributed by atoms with Gasteiger partial charge in [-0.2, -0.15) is 0 Å². The molecule has 0 rings (SSSR count). The van der Waals surface area contributed by atoms with Gasteiger partial charge in [-0.3, -0.25) is 9.80 Å². The van der Waals surface area contributed by atoms with E-state index < -0.39 is 6.10 Å². The van der Waals surface area contributed by atoms with E-state index in [2.05, 4.69) is 6.92 Å². The van der Waals surface area contributed by atoms with Gasteiger partial charge in [-0.25, -0.2) is 5.84 Å². The maximum atomic E-state index is 11.5. The molecule has 0 aromatic rings. The van der Waals surface area contributed by atoms with Crippen molar-refractivity contribution in [1.82, 2.24) is 5.01 Å². The topological polar surface area (TPSA) is 66.6 Å². The first-order valence-electron chi connectivity index (χ1n) is 9.31. The summed E-state index contributed by atoms with van der Waals surface area (Å²) in [6, 6.07) is 0. The van der Waals surface area contributed by atoms with E-state index in [1.165, 1.54) is 69.2 Å². The van der Waals surface area contributed by atoms with Crippen LogP contribution >= 0.6 is 0 Å². The SMILES string of the molecule is CCCCCCCCCCCCCCN(N)C(=O)CC(C)O. The molecule has 1 unspecified atom stereocenters. The van der Waals surface area contributed by atoms with Crippen molar-refractivity contribution in [2.45, 2.75) is 103 Å². The van der Waals surface area contributed by atoms with Gasteiger partial charge in [0.1, 0.15) is 0 Å². The van der Waals surface area contributed by atoms with Crippen molar-refractivity contribution in [3.05, 3.63) is 0 Å². The molecule has 0 aliphatic carbocycles. The van der Waals surface area contributed by atoms with Gasteiger partial charge in [0.15, 0.2) is 0 Å². The van der Waals surface area contributed by atoms with E-state index in [-0.39, 0.29) is 12.3 Å². The number of unbranched alkanes of at least 4 members (excludes halogenated alkanes) is 11. The number of hydrogen-bond acceptors (Lipinski definition) is 3. The second-order valence-electron chi connectivity index (χ2n) is 6.53. The highest BCUT2D eigenvalue weighted by Crippen LogP contribution is 2.12. The number of rotatable bonds is 15. The largest absolute Gasteiger partial charge is 0.393 e. The summed E-state index contributed by atoms with van der Waals surface area (Å²) in [5, 5.41) is 10.4. The van der Waals surface area contributed by atoms with Gasteiger partial charge < -0.3 is 5.11 Å². The van der Waals surface area contributed by atoms with Crippen LogP contribution in [0, 0.1) is 0 Å². The Labute approximate surface area is 137 Å². The average molecular weight is 315 g/mol. The van der Waals surface area contributed by atoms with Crippen LogP contribution in [-0.2, 0) is 4.79 Å². The van der Waals surface area contributed by atoms with Crippen LogP contribution in [-0.4, -0.2) is 28.7 Å². The van der Waals surface area contributed by atoms with E-state index >= 15 is 0 Å². The van der Waals surface area contributed by atoms with E-state index in [0.29, 0.717) is 6.54 Å². The second-order valence-corrected chi connectivity index (χ2v) is 6.53. The first-order valence-corrected chi connectivity index (χ1v) is 9.31. The Kier molecular flexibility index (Phi) is 14.9. The summed E-state index contributed by atoms with van der Waals surface area (Å²) < 4.78 is 0. The van der Waals surface area contributed by atoms with Gasteiger partial charge in [-0.05, 0) is 13.3 Å². The van der Waals surface area contributed by atoms with Crippen LogP contribution < -0.4 is 5.84 Å². The van der Waals surface area contributed by atoms with E-state index in [9.17, 15) is 4.79 Å². The molecule has 0 saturated carbocycles. The molecule has 132 valence electrons. The zero-order valence-corrected chi connectivity index (χ0v) is 14.9. The van der Waals surface area contributed by atoms with Crippen LogP contribution in [0.5, 0.6) is 0 Å². The number of nitrogens with two attached hydrogens (primary N) is 1. The Morgan fingerprint density at radius 3 is 1.73 bits per heavy atom. The summed E-state index contributed by atoms with van der Waals surface area (Å²) >= 11 is 0. The molecule has 1 atom stereocenters. The molecule has 0 aromatic heterocycles. The molecule has 0 heterocycles. The van der Waals surface area contributed by atoms with Crippen molar-refractivity contribution in [2.24, 2.45) is 5.84 Å². The molecular weight excluding hydrogens is 276 g/mol. The molecule has 1 amide bonds. The monoisotopic (exact) mass is 314 g/mol. The van der Waals surface area contributed by atoms with E-state index in [1.807, 2.05) is 0 Å². The van der Waals surface area contributed by atoms with Crippen LogP contribution in [0.3, 0.4) is 0 Å². The molecule has 4 heteroatoms. The Morgan fingerprint density at radius 1 is 0.909 bits per heavy atom. The van der Waals surface area contributed by atoms with Crippen molar-refractivity contribution in [2.75, 3.05) is 6.54 Å². The van der Waals surface area contributed by atoms with Gasteiger partial charge in [0.05, 0.1) is 12.5 Å². The van der Waals surface area contributed by atoms with Crippen molar-refractivity contribution in [3.63, 3.8) is 0 Å². The quantitative estimate of drug-likeness (QED) is 0.206. The minimum absolute atomic E-state index is 0.120. The van der Waals surface area contributed by atoms with Crippen LogP contribution in [0.1, 0.15) is 97.3 Å². The predicted octanol–water partition coefficient (Wildman–Crippen LogP) is 4.16. The molecule has 0 aromatic carbocycles. The molecule has 22 heavy (non-hydrogen) atoms. The Balaban J connectivity index is 3.24. The smallest absolute Gasteiger partial charge is 0.239 e.